The van der Waals surface area contributed by atoms with Gasteiger partial charge in [0.05, 0.1) is 5.56 Å². The molecule has 0 aliphatic rings. The quantitative estimate of drug-likeness (QED) is 0.305. The summed E-state index contributed by atoms with van der Waals surface area (Å²) in [5.74, 6) is 0.215. The Bertz CT molecular complexity index is 1780. The number of nitrogens with zero attached hydrogens (tertiary/aromatic N) is 2. The fourth-order valence-electron chi connectivity index (χ4n) is 4.09. The normalized spacial score (nSPS) is 11.1. The molecule has 0 spiro atoms. The number of carbonyl (C=O) groups is 1. The van der Waals surface area contributed by atoms with Gasteiger partial charge in [-0.3, -0.25) is 4.79 Å². The van der Waals surface area contributed by atoms with Gasteiger partial charge < -0.3 is 14.2 Å². The molecule has 0 aliphatic heterocycles. The van der Waals surface area contributed by atoms with Gasteiger partial charge in [0.1, 0.15) is 5.58 Å². The number of para-hydroxylation sites is 1. The number of benzene rings is 3. The van der Waals surface area contributed by atoms with E-state index in [1.54, 1.807) is 48.7 Å². The number of pyridine rings is 1. The summed E-state index contributed by atoms with van der Waals surface area (Å²) in [4.78, 5) is 34.0. The third kappa shape index (κ3) is 3.92. The number of aryl methyl sites for hydroxylation is 1. The molecule has 0 saturated carbocycles. The zero-order valence-electron chi connectivity index (χ0n) is 19.2. The van der Waals surface area contributed by atoms with E-state index in [9.17, 15) is 9.59 Å². The molecule has 0 atom stereocenters. The minimum atomic E-state index is -0.420. The van der Waals surface area contributed by atoms with Gasteiger partial charge in [0.25, 0.3) is 5.91 Å². The molecule has 0 fully saturated rings. The molecule has 7 nitrogen and oxygen atoms in total. The van der Waals surface area contributed by atoms with Crippen molar-refractivity contribution < 1.29 is 13.6 Å². The molecular weight excluding hydrogens is 454 g/mol. The minimum absolute atomic E-state index is 0.256. The average molecular weight is 473 g/mol. The molecule has 0 bridgehead atoms. The first kappa shape index (κ1) is 21.5. The summed E-state index contributed by atoms with van der Waals surface area (Å²) < 4.78 is 11.2. The molecule has 0 radical (unpaired) electrons. The highest BCUT2D eigenvalue weighted by Gasteiger charge is 2.13. The Kier molecular flexibility index (Phi) is 5.15. The molecule has 36 heavy (non-hydrogen) atoms. The topological polar surface area (TPSA) is 98.2 Å². The van der Waals surface area contributed by atoms with E-state index in [2.05, 4.69) is 15.3 Å². The zero-order valence-corrected chi connectivity index (χ0v) is 19.2. The second kappa shape index (κ2) is 8.63. The average Bonchev–Trinajstić information content (AvgIpc) is 3.34. The van der Waals surface area contributed by atoms with Crippen LogP contribution < -0.4 is 10.9 Å². The van der Waals surface area contributed by atoms with Crippen LogP contribution in [0.3, 0.4) is 0 Å². The van der Waals surface area contributed by atoms with E-state index in [1.165, 1.54) is 0 Å². The Labute approximate surface area is 205 Å². The summed E-state index contributed by atoms with van der Waals surface area (Å²) in [5, 5.41) is 3.78. The first-order chi connectivity index (χ1) is 17.5. The van der Waals surface area contributed by atoms with E-state index in [-0.39, 0.29) is 5.91 Å². The SMILES string of the molecule is Cc1cc(-c2nc3ncccc3o2)ccc1NC(=O)c1ccc(-c2cc3ccccc3oc2=O)cc1. The largest absolute Gasteiger partial charge is 0.434 e. The molecule has 7 heteroatoms. The highest BCUT2D eigenvalue weighted by molar-refractivity contribution is 6.05. The monoisotopic (exact) mass is 473 g/mol. The summed E-state index contributed by atoms with van der Waals surface area (Å²) in [6.07, 6.45) is 1.67. The van der Waals surface area contributed by atoms with Gasteiger partial charge in [-0.25, -0.2) is 9.78 Å². The van der Waals surface area contributed by atoms with Gasteiger partial charge in [-0.1, -0.05) is 30.3 Å². The molecule has 0 unspecified atom stereocenters. The number of oxazole rings is 1. The Balaban J connectivity index is 1.22. The van der Waals surface area contributed by atoms with Crippen molar-refractivity contribution in [2.75, 3.05) is 5.32 Å². The molecule has 6 rings (SSSR count). The van der Waals surface area contributed by atoms with Crippen molar-refractivity contribution in [2.24, 2.45) is 0 Å². The van der Waals surface area contributed by atoms with Crippen molar-refractivity contribution in [3.63, 3.8) is 0 Å². The zero-order chi connectivity index (χ0) is 24.6. The van der Waals surface area contributed by atoms with Crippen molar-refractivity contribution in [1.29, 1.82) is 0 Å². The highest BCUT2D eigenvalue weighted by Crippen LogP contribution is 2.27. The minimum Gasteiger partial charge on any atom is -0.434 e. The highest BCUT2D eigenvalue weighted by atomic mass is 16.4. The Morgan fingerprint density at radius 2 is 1.61 bits per heavy atom. The number of nitrogens with one attached hydrogen (secondary N) is 1. The first-order valence-electron chi connectivity index (χ1n) is 11.3. The fraction of sp³-hybridized carbons (Fsp3) is 0.0345. The summed E-state index contributed by atoms with van der Waals surface area (Å²) in [7, 11) is 0. The van der Waals surface area contributed by atoms with E-state index in [1.807, 2.05) is 49.4 Å². The van der Waals surface area contributed by atoms with Crippen LogP contribution in [-0.2, 0) is 0 Å². The Hall–Kier alpha value is -5.04. The van der Waals surface area contributed by atoms with E-state index in [0.717, 1.165) is 16.5 Å². The predicted molar refractivity (Wildman–Crippen MR) is 138 cm³/mol. The number of anilines is 1. The van der Waals surface area contributed by atoms with Crippen LogP contribution in [0.5, 0.6) is 0 Å². The third-order valence-electron chi connectivity index (χ3n) is 5.99. The van der Waals surface area contributed by atoms with Gasteiger partial charge in [0, 0.05) is 28.4 Å². The lowest BCUT2D eigenvalue weighted by atomic mass is 10.0. The molecule has 174 valence electrons. The maximum Gasteiger partial charge on any atom is 0.344 e. The number of rotatable bonds is 4. The number of hydrogen-bond acceptors (Lipinski definition) is 6. The number of carbonyl (C=O) groups excluding carboxylic acids is 1. The molecule has 1 amide bonds. The standard InChI is InChI=1S/C29H19N3O4/c1-17-15-21(28-32-26-25(35-28)7-4-14-30-26)12-13-23(17)31-27(33)19-10-8-18(9-11-19)22-16-20-5-2-3-6-24(20)36-29(22)34/h2-16H,1H3,(H,31,33). The maximum atomic E-state index is 12.9. The second-order valence-electron chi connectivity index (χ2n) is 8.39. The number of hydrogen-bond donors (Lipinski definition) is 1. The van der Waals surface area contributed by atoms with Crippen LogP contribution in [0.1, 0.15) is 15.9 Å². The summed E-state index contributed by atoms with van der Waals surface area (Å²) >= 11 is 0. The lowest BCUT2D eigenvalue weighted by Gasteiger charge is -2.10. The van der Waals surface area contributed by atoms with Crippen LogP contribution in [0.15, 0.2) is 105 Å². The molecule has 6 aromatic rings. The first-order valence-corrected chi connectivity index (χ1v) is 11.3. The molecular formula is C29H19N3O4. The lowest BCUT2D eigenvalue weighted by molar-refractivity contribution is 0.102. The van der Waals surface area contributed by atoms with Crippen LogP contribution >= 0.6 is 0 Å². The van der Waals surface area contributed by atoms with Crippen LogP contribution in [0, 0.1) is 6.92 Å². The van der Waals surface area contributed by atoms with E-state index < -0.39 is 5.63 Å². The van der Waals surface area contributed by atoms with Gasteiger partial charge in [0.2, 0.25) is 5.89 Å². The van der Waals surface area contributed by atoms with Crippen molar-refractivity contribution in [3.05, 3.63) is 113 Å². The van der Waals surface area contributed by atoms with Gasteiger partial charge in [-0.15, -0.1) is 0 Å². The Morgan fingerprint density at radius 3 is 2.42 bits per heavy atom. The Morgan fingerprint density at radius 1 is 0.833 bits per heavy atom. The summed E-state index contributed by atoms with van der Waals surface area (Å²) in [6.45, 7) is 1.90. The number of amides is 1. The van der Waals surface area contributed by atoms with Crippen LogP contribution in [0.2, 0.25) is 0 Å². The van der Waals surface area contributed by atoms with Crippen LogP contribution in [-0.4, -0.2) is 15.9 Å². The summed E-state index contributed by atoms with van der Waals surface area (Å²) in [5.41, 5.74) is 5.21. The lowest BCUT2D eigenvalue weighted by Crippen LogP contribution is -2.12. The fourth-order valence-corrected chi connectivity index (χ4v) is 4.09. The van der Waals surface area contributed by atoms with E-state index in [4.69, 9.17) is 8.83 Å². The molecule has 1 N–H and O–H groups in total. The number of aromatic nitrogens is 2. The van der Waals surface area contributed by atoms with Crippen molar-refractivity contribution in [3.8, 4) is 22.6 Å². The van der Waals surface area contributed by atoms with Gasteiger partial charge in [-0.05, 0) is 72.6 Å². The third-order valence-corrected chi connectivity index (χ3v) is 5.99. The second-order valence-corrected chi connectivity index (χ2v) is 8.39. The molecule has 0 saturated heterocycles. The van der Waals surface area contributed by atoms with Crippen molar-refractivity contribution >= 4 is 33.8 Å². The molecule has 3 aromatic carbocycles. The smallest absolute Gasteiger partial charge is 0.344 e. The van der Waals surface area contributed by atoms with Crippen molar-refractivity contribution in [2.45, 2.75) is 6.92 Å². The maximum absolute atomic E-state index is 12.9. The molecule has 3 aromatic heterocycles. The van der Waals surface area contributed by atoms with Gasteiger partial charge in [-0.2, -0.15) is 4.98 Å². The molecule has 3 heterocycles. The van der Waals surface area contributed by atoms with Gasteiger partial charge >= 0.3 is 5.63 Å². The summed E-state index contributed by atoms with van der Waals surface area (Å²) in [6, 6.07) is 25.2. The van der Waals surface area contributed by atoms with Crippen LogP contribution in [0.4, 0.5) is 5.69 Å². The van der Waals surface area contributed by atoms with E-state index in [0.29, 0.717) is 45.1 Å². The van der Waals surface area contributed by atoms with Crippen LogP contribution in [0.25, 0.3) is 44.8 Å². The van der Waals surface area contributed by atoms with E-state index >= 15 is 0 Å². The van der Waals surface area contributed by atoms with Crippen molar-refractivity contribution in [1.82, 2.24) is 9.97 Å². The predicted octanol–water partition coefficient (Wildman–Crippen LogP) is 6.22. The number of fused-ring (bicyclic) bond motifs is 2. The van der Waals surface area contributed by atoms with Gasteiger partial charge in [0.15, 0.2) is 11.2 Å². The molecule has 0 aliphatic carbocycles.